The zero-order valence-electron chi connectivity index (χ0n) is 9.12. The Labute approximate surface area is 104 Å². The summed E-state index contributed by atoms with van der Waals surface area (Å²) in [6.45, 7) is 0. The van der Waals surface area contributed by atoms with Crippen molar-refractivity contribution in [3.8, 4) is 0 Å². The lowest BCUT2D eigenvalue weighted by atomic mass is 9.99. The van der Waals surface area contributed by atoms with Gasteiger partial charge >= 0.3 is 0 Å². The molecular weight excluding hydrogens is 266 g/mol. The molecule has 0 aliphatic carbocycles. The van der Waals surface area contributed by atoms with Crippen molar-refractivity contribution in [2.75, 3.05) is 5.32 Å². The summed E-state index contributed by atoms with van der Waals surface area (Å²) < 4.78 is 1.06. The van der Waals surface area contributed by atoms with E-state index >= 15 is 0 Å². The summed E-state index contributed by atoms with van der Waals surface area (Å²) >= 11 is 3.53. The number of anilines is 1. The van der Waals surface area contributed by atoms with E-state index in [1.165, 1.54) is 31.4 Å². The molecule has 0 spiro atoms. The number of piperidine rings is 1. The molecule has 3 nitrogen and oxygen atoms in total. The zero-order valence-corrected chi connectivity index (χ0v) is 10.7. The van der Waals surface area contributed by atoms with Crippen LogP contribution in [0, 0.1) is 0 Å². The second-order valence-electron chi connectivity index (χ2n) is 4.81. The van der Waals surface area contributed by atoms with Crippen molar-refractivity contribution in [3.63, 3.8) is 0 Å². The first-order valence-corrected chi connectivity index (χ1v) is 6.72. The van der Waals surface area contributed by atoms with Gasteiger partial charge in [0.2, 0.25) is 0 Å². The third kappa shape index (κ3) is 2.09. The standard InChI is InChI=1S/C12H16BrN3/c13-11-7-14-4-3-12(11)16-10-5-8-1-2-9(6-10)15-8/h3-4,7-10,15H,1-2,5-6H2,(H,14,16). The van der Waals surface area contributed by atoms with E-state index in [0.29, 0.717) is 6.04 Å². The van der Waals surface area contributed by atoms with Crippen LogP contribution in [-0.2, 0) is 0 Å². The Kier molecular flexibility index (Phi) is 2.86. The largest absolute Gasteiger partial charge is 0.381 e. The molecule has 4 heteroatoms. The summed E-state index contributed by atoms with van der Waals surface area (Å²) in [5.74, 6) is 0. The predicted molar refractivity (Wildman–Crippen MR) is 68.5 cm³/mol. The molecule has 2 saturated heterocycles. The summed E-state index contributed by atoms with van der Waals surface area (Å²) in [7, 11) is 0. The van der Waals surface area contributed by atoms with E-state index in [1.807, 2.05) is 18.5 Å². The van der Waals surface area contributed by atoms with Crippen molar-refractivity contribution < 1.29 is 0 Å². The van der Waals surface area contributed by atoms with E-state index in [-0.39, 0.29) is 0 Å². The van der Waals surface area contributed by atoms with Gasteiger partial charge in [-0.15, -0.1) is 0 Å². The molecule has 2 bridgehead atoms. The van der Waals surface area contributed by atoms with E-state index < -0.39 is 0 Å². The summed E-state index contributed by atoms with van der Waals surface area (Å²) in [6.07, 6.45) is 8.86. The van der Waals surface area contributed by atoms with E-state index in [2.05, 4.69) is 31.5 Å². The van der Waals surface area contributed by atoms with Crippen molar-refractivity contribution in [2.24, 2.45) is 0 Å². The quantitative estimate of drug-likeness (QED) is 0.875. The van der Waals surface area contributed by atoms with E-state index in [4.69, 9.17) is 0 Å². The summed E-state index contributed by atoms with van der Waals surface area (Å²) in [6, 6.07) is 4.11. The first kappa shape index (κ1) is 10.5. The van der Waals surface area contributed by atoms with Crippen LogP contribution in [0.1, 0.15) is 25.7 Å². The highest BCUT2D eigenvalue weighted by Gasteiger charge is 2.33. The number of nitrogens with one attached hydrogen (secondary N) is 2. The molecule has 2 N–H and O–H groups in total. The Morgan fingerprint density at radius 2 is 2.06 bits per heavy atom. The molecule has 1 aromatic rings. The number of pyridine rings is 1. The molecule has 0 saturated carbocycles. The highest BCUT2D eigenvalue weighted by Crippen LogP contribution is 2.30. The molecule has 2 atom stereocenters. The van der Waals surface area contributed by atoms with Crippen LogP contribution in [0.3, 0.4) is 0 Å². The highest BCUT2D eigenvalue weighted by molar-refractivity contribution is 9.10. The van der Waals surface area contributed by atoms with Crippen LogP contribution >= 0.6 is 15.9 Å². The first-order chi connectivity index (χ1) is 7.81. The minimum absolute atomic E-state index is 0.609. The van der Waals surface area contributed by atoms with Gasteiger partial charge in [0.1, 0.15) is 0 Å². The van der Waals surface area contributed by atoms with Crippen molar-refractivity contribution in [2.45, 2.75) is 43.8 Å². The maximum atomic E-state index is 4.08. The maximum absolute atomic E-state index is 4.08. The fourth-order valence-electron chi connectivity index (χ4n) is 2.89. The minimum Gasteiger partial charge on any atom is -0.381 e. The van der Waals surface area contributed by atoms with E-state index in [1.54, 1.807) is 0 Å². The molecule has 0 aromatic carbocycles. The Morgan fingerprint density at radius 3 is 2.75 bits per heavy atom. The lowest BCUT2D eigenvalue weighted by Crippen LogP contribution is -2.43. The molecule has 0 radical (unpaired) electrons. The van der Waals surface area contributed by atoms with Crippen LogP contribution in [0.4, 0.5) is 5.69 Å². The van der Waals surface area contributed by atoms with Gasteiger partial charge in [-0.25, -0.2) is 0 Å². The third-order valence-electron chi connectivity index (χ3n) is 3.61. The number of hydrogen-bond acceptors (Lipinski definition) is 3. The average Bonchev–Trinajstić information content (AvgIpc) is 2.62. The smallest absolute Gasteiger partial charge is 0.0590 e. The van der Waals surface area contributed by atoms with E-state index in [9.17, 15) is 0 Å². The average molecular weight is 282 g/mol. The number of nitrogens with zero attached hydrogens (tertiary/aromatic N) is 1. The Morgan fingerprint density at radius 1 is 1.31 bits per heavy atom. The SMILES string of the molecule is Brc1cnccc1NC1CC2CCC(C1)N2. The van der Waals surface area contributed by atoms with Crippen molar-refractivity contribution >= 4 is 21.6 Å². The molecular formula is C12H16BrN3. The fourth-order valence-corrected chi connectivity index (χ4v) is 3.25. The second kappa shape index (κ2) is 4.34. The van der Waals surface area contributed by atoms with Gasteiger partial charge in [-0.1, -0.05) is 0 Å². The molecule has 16 heavy (non-hydrogen) atoms. The van der Waals surface area contributed by atoms with Gasteiger partial charge in [-0.2, -0.15) is 0 Å². The van der Waals surface area contributed by atoms with Gasteiger partial charge in [0, 0.05) is 30.5 Å². The van der Waals surface area contributed by atoms with Gasteiger partial charge in [0.05, 0.1) is 10.2 Å². The Balaban J connectivity index is 1.69. The minimum atomic E-state index is 0.609. The third-order valence-corrected chi connectivity index (χ3v) is 4.24. The van der Waals surface area contributed by atoms with Crippen molar-refractivity contribution in [1.29, 1.82) is 0 Å². The predicted octanol–water partition coefficient (Wildman–Crippen LogP) is 2.54. The van der Waals surface area contributed by atoms with Crippen LogP contribution in [0.2, 0.25) is 0 Å². The fraction of sp³-hybridized carbons (Fsp3) is 0.583. The molecule has 3 rings (SSSR count). The van der Waals surface area contributed by atoms with Gasteiger partial charge in [-0.05, 0) is 47.7 Å². The number of hydrogen-bond donors (Lipinski definition) is 2. The molecule has 3 heterocycles. The van der Waals surface area contributed by atoms with Crippen molar-refractivity contribution in [3.05, 3.63) is 22.9 Å². The summed E-state index contributed by atoms with van der Waals surface area (Å²) in [5, 5.41) is 7.28. The molecule has 2 unspecified atom stereocenters. The van der Waals surface area contributed by atoms with Crippen LogP contribution in [-0.4, -0.2) is 23.1 Å². The second-order valence-corrected chi connectivity index (χ2v) is 5.66. The number of aromatic nitrogens is 1. The van der Waals surface area contributed by atoms with Gasteiger partial charge in [-0.3, -0.25) is 4.98 Å². The monoisotopic (exact) mass is 281 g/mol. The normalized spacial score (nSPS) is 32.7. The summed E-state index contributed by atoms with van der Waals surface area (Å²) in [5.41, 5.74) is 1.17. The maximum Gasteiger partial charge on any atom is 0.0590 e. The number of halogens is 1. The van der Waals surface area contributed by atoms with Crippen molar-refractivity contribution in [1.82, 2.24) is 10.3 Å². The Bertz CT molecular complexity index is 370. The van der Waals surface area contributed by atoms with Gasteiger partial charge < -0.3 is 10.6 Å². The van der Waals surface area contributed by atoms with Gasteiger partial charge in [0.15, 0.2) is 0 Å². The highest BCUT2D eigenvalue weighted by atomic mass is 79.9. The molecule has 0 amide bonds. The zero-order chi connectivity index (χ0) is 11.0. The Hall–Kier alpha value is -0.610. The molecule has 86 valence electrons. The van der Waals surface area contributed by atoms with E-state index in [0.717, 1.165) is 16.6 Å². The molecule has 2 aliphatic rings. The van der Waals surface area contributed by atoms with Crippen LogP contribution in [0.5, 0.6) is 0 Å². The lowest BCUT2D eigenvalue weighted by molar-refractivity contribution is 0.378. The topological polar surface area (TPSA) is 37.0 Å². The lowest BCUT2D eigenvalue weighted by Gasteiger charge is -2.30. The van der Waals surface area contributed by atoms with Crippen LogP contribution < -0.4 is 10.6 Å². The van der Waals surface area contributed by atoms with Crippen LogP contribution in [0.15, 0.2) is 22.9 Å². The molecule has 2 aliphatic heterocycles. The molecule has 2 fully saturated rings. The number of fused-ring (bicyclic) bond motifs is 2. The first-order valence-electron chi connectivity index (χ1n) is 5.93. The summed E-state index contributed by atoms with van der Waals surface area (Å²) in [4.78, 5) is 4.08. The molecule has 1 aromatic heterocycles. The van der Waals surface area contributed by atoms with Crippen LogP contribution in [0.25, 0.3) is 0 Å². The number of rotatable bonds is 2. The van der Waals surface area contributed by atoms with Gasteiger partial charge in [0.25, 0.3) is 0 Å².